The molecule has 1 saturated heterocycles. The van der Waals surface area contributed by atoms with Gasteiger partial charge in [0, 0.05) is 11.8 Å². The Balaban J connectivity index is 2.14. The molecular weight excluding hydrogens is 188 g/mol. The SMILES string of the molecule is C=CC1COCC1C(O)c1ccccc1. The van der Waals surface area contributed by atoms with Crippen molar-refractivity contribution < 1.29 is 9.84 Å². The lowest BCUT2D eigenvalue weighted by Crippen LogP contribution is -2.19. The molecule has 0 bridgehead atoms. The number of hydrogen-bond acceptors (Lipinski definition) is 2. The van der Waals surface area contributed by atoms with Gasteiger partial charge in [0.2, 0.25) is 0 Å². The summed E-state index contributed by atoms with van der Waals surface area (Å²) in [7, 11) is 0. The minimum absolute atomic E-state index is 0.143. The first-order valence-corrected chi connectivity index (χ1v) is 5.26. The largest absolute Gasteiger partial charge is 0.388 e. The van der Waals surface area contributed by atoms with E-state index in [0.717, 1.165) is 5.56 Å². The Morgan fingerprint density at radius 2 is 2.07 bits per heavy atom. The summed E-state index contributed by atoms with van der Waals surface area (Å²) in [5.41, 5.74) is 0.958. The van der Waals surface area contributed by atoms with Crippen LogP contribution in [-0.4, -0.2) is 18.3 Å². The zero-order valence-corrected chi connectivity index (χ0v) is 8.67. The molecule has 0 aliphatic carbocycles. The number of rotatable bonds is 3. The van der Waals surface area contributed by atoms with Crippen LogP contribution < -0.4 is 0 Å². The highest BCUT2D eigenvalue weighted by Crippen LogP contribution is 2.33. The van der Waals surface area contributed by atoms with Crippen LogP contribution in [0.2, 0.25) is 0 Å². The molecule has 80 valence electrons. The second-order valence-electron chi connectivity index (χ2n) is 3.96. The molecule has 0 spiro atoms. The molecule has 3 atom stereocenters. The van der Waals surface area contributed by atoms with E-state index >= 15 is 0 Å². The third-order valence-corrected chi connectivity index (χ3v) is 3.02. The molecule has 15 heavy (non-hydrogen) atoms. The van der Waals surface area contributed by atoms with E-state index in [1.54, 1.807) is 0 Å². The fraction of sp³-hybridized carbons (Fsp3) is 0.385. The molecule has 3 unspecified atom stereocenters. The quantitative estimate of drug-likeness (QED) is 0.765. The van der Waals surface area contributed by atoms with E-state index < -0.39 is 6.10 Å². The fourth-order valence-corrected chi connectivity index (χ4v) is 2.05. The van der Waals surface area contributed by atoms with E-state index in [-0.39, 0.29) is 11.8 Å². The van der Waals surface area contributed by atoms with Crippen LogP contribution in [0.3, 0.4) is 0 Å². The molecule has 0 radical (unpaired) electrons. The standard InChI is InChI=1S/C13H16O2/c1-2-10-8-15-9-12(10)13(14)11-6-4-3-5-7-11/h2-7,10,12-14H,1,8-9H2. The van der Waals surface area contributed by atoms with Gasteiger partial charge in [0.1, 0.15) is 0 Å². The highest BCUT2D eigenvalue weighted by molar-refractivity contribution is 5.19. The summed E-state index contributed by atoms with van der Waals surface area (Å²) in [6.45, 7) is 5.07. The first kappa shape index (κ1) is 10.4. The van der Waals surface area contributed by atoms with E-state index in [9.17, 15) is 5.11 Å². The summed E-state index contributed by atoms with van der Waals surface area (Å²) in [6, 6.07) is 9.73. The van der Waals surface area contributed by atoms with Crippen molar-refractivity contribution in [2.45, 2.75) is 6.10 Å². The number of benzene rings is 1. The van der Waals surface area contributed by atoms with Gasteiger partial charge < -0.3 is 9.84 Å². The van der Waals surface area contributed by atoms with Crippen LogP contribution in [0.25, 0.3) is 0 Å². The third kappa shape index (κ3) is 2.11. The predicted molar refractivity (Wildman–Crippen MR) is 59.4 cm³/mol. The normalized spacial score (nSPS) is 27.5. The number of aliphatic hydroxyl groups is 1. The lowest BCUT2D eigenvalue weighted by Gasteiger charge is -2.21. The average Bonchev–Trinajstić information content (AvgIpc) is 2.77. The van der Waals surface area contributed by atoms with Crippen LogP contribution in [0.4, 0.5) is 0 Å². The van der Waals surface area contributed by atoms with Crippen LogP contribution in [0.5, 0.6) is 0 Å². The second kappa shape index (κ2) is 4.60. The average molecular weight is 204 g/mol. The summed E-state index contributed by atoms with van der Waals surface area (Å²) >= 11 is 0. The molecule has 1 N–H and O–H groups in total. The monoisotopic (exact) mass is 204 g/mol. The molecule has 1 aliphatic rings. The highest BCUT2D eigenvalue weighted by Gasteiger charge is 2.32. The lowest BCUT2D eigenvalue weighted by molar-refractivity contribution is 0.0861. The van der Waals surface area contributed by atoms with E-state index in [4.69, 9.17) is 4.74 Å². The van der Waals surface area contributed by atoms with Crippen molar-refractivity contribution in [2.24, 2.45) is 11.8 Å². The Hall–Kier alpha value is -1.12. The van der Waals surface area contributed by atoms with E-state index in [1.807, 2.05) is 36.4 Å². The molecule has 0 aromatic heterocycles. The van der Waals surface area contributed by atoms with Gasteiger partial charge in [0.25, 0.3) is 0 Å². The van der Waals surface area contributed by atoms with Crippen LogP contribution >= 0.6 is 0 Å². The Labute approximate surface area is 90.2 Å². The molecule has 0 amide bonds. The molecule has 2 heteroatoms. The molecule has 2 nitrogen and oxygen atoms in total. The van der Waals surface area contributed by atoms with Crippen LogP contribution in [0, 0.1) is 11.8 Å². The zero-order chi connectivity index (χ0) is 10.7. The second-order valence-corrected chi connectivity index (χ2v) is 3.96. The van der Waals surface area contributed by atoms with Crippen molar-refractivity contribution in [3.05, 3.63) is 48.6 Å². The molecular formula is C13H16O2. The Kier molecular flexibility index (Phi) is 3.19. The van der Waals surface area contributed by atoms with Gasteiger partial charge in [-0.1, -0.05) is 36.4 Å². The van der Waals surface area contributed by atoms with Crippen LogP contribution in [-0.2, 0) is 4.74 Å². The van der Waals surface area contributed by atoms with Crippen molar-refractivity contribution >= 4 is 0 Å². The summed E-state index contributed by atoms with van der Waals surface area (Å²) < 4.78 is 5.37. The lowest BCUT2D eigenvalue weighted by atomic mass is 9.87. The topological polar surface area (TPSA) is 29.5 Å². The van der Waals surface area contributed by atoms with Gasteiger partial charge in [0.15, 0.2) is 0 Å². The first-order chi connectivity index (χ1) is 7.33. The van der Waals surface area contributed by atoms with Crippen LogP contribution in [0.15, 0.2) is 43.0 Å². The maximum Gasteiger partial charge on any atom is 0.0846 e. The summed E-state index contributed by atoms with van der Waals surface area (Å²) in [6.07, 6.45) is 1.43. The molecule has 1 aromatic rings. The summed E-state index contributed by atoms with van der Waals surface area (Å²) in [5.74, 6) is 0.408. The van der Waals surface area contributed by atoms with Gasteiger partial charge >= 0.3 is 0 Å². The number of ether oxygens (including phenoxy) is 1. The Morgan fingerprint density at radius 3 is 2.73 bits per heavy atom. The van der Waals surface area contributed by atoms with Gasteiger partial charge in [-0.3, -0.25) is 0 Å². The maximum absolute atomic E-state index is 10.2. The summed E-state index contributed by atoms with van der Waals surface area (Å²) in [5, 5.41) is 10.2. The minimum Gasteiger partial charge on any atom is -0.388 e. The van der Waals surface area contributed by atoms with E-state index in [1.165, 1.54) is 0 Å². The predicted octanol–water partition coefficient (Wildman–Crippen LogP) is 2.17. The molecule has 1 fully saturated rings. The molecule has 1 aromatic carbocycles. The first-order valence-electron chi connectivity index (χ1n) is 5.26. The number of aliphatic hydroxyl groups excluding tert-OH is 1. The maximum atomic E-state index is 10.2. The molecule has 1 heterocycles. The van der Waals surface area contributed by atoms with Crippen molar-refractivity contribution in [1.82, 2.24) is 0 Å². The van der Waals surface area contributed by atoms with E-state index in [2.05, 4.69) is 6.58 Å². The van der Waals surface area contributed by atoms with Crippen molar-refractivity contribution in [3.63, 3.8) is 0 Å². The van der Waals surface area contributed by atoms with Gasteiger partial charge in [-0.15, -0.1) is 6.58 Å². The third-order valence-electron chi connectivity index (χ3n) is 3.02. The van der Waals surface area contributed by atoms with Crippen LogP contribution in [0.1, 0.15) is 11.7 Å². The van der Waals surface area contributed by atoms with Gasteiger partial charge in [-0.25, -0.2) is 0 Å². The zero-order valence-electron chi connectivity index (χ0n) is 8.67. The van der Waals surface area contributed by atoms with Crippen molar-refractivity contribution in [2.75, 3.05) is 13.2 Å². The smallest absolute Gasteiger partial charge is 0.0846 e. The minimum atomic E-state index is -0.448. The van der Waals surface area contributed by atoms with Gasteiger partial charge in [-0.2, -0.15) is 0 Å². The Morgan fingerprint density at radius 1 is 1.33 bits per heavy atom. The highest BCUT2D eigenvalue weighted by atomic mass is 16.5. The van der Waals surface area contributed by atoms with Crippen molar-refractivity contribution in [1.29, 1.82) is 0 Å². The van der Waals surface area contributed by atoms with Gasteiger partial charge in [-0.05, 0) is 5.56 Å². The summed E-state index contributed by atoms with van der Waals surface area (Å²) in [4.78, 5) is 0. The fourth-order valence-electron chi connectivity index (χ4n) is 2.05. The molecule has 2 rings (SSSR count). The molecule has 0 saturated carbocycles. The van der Waals surface area contributed by atoms with Gasteiger partial charge in [0.05, 0.1) is 19.3 Å². The van der Waals surface area contributed by atoms with Crippen molar-refractivity contribution in [3.8, 4) is 0 Å². The Bertz CT molecular complexity index is 321. The van der Waals surface area contributed by atoms with E-state index in [0.29, 0.717) is 13.2 Å². The molecule has 1 aliphatic heterocycles. The number of hydrogen-bond donors (Lipinski definition) is 1.